The number of rotatable bonds is 0. The van der Waals surface area contributed by atoms with E-state index in [2.05, 4.69) is 10.3 Å². The fourth-order valence-corrected chi connectivity index (χ4v) is 2.84. The molecular weight excluding hydrogens is 236 g/mol. The highest BCUT2D eigenvalue weighted by Crippen LogP contribution is 2.37. The molecule has 2 aliphatic heterocycles. The average molecular weight is 248 g/mol. The fraction of sp³-hybridized carbons (Fsp3) is 0.545. The summed E-state index contributed by atoms with van der Waals surface area (Å²) in [5.41, 5.74) is 1.07. The van der Waals surface area contributed by atoms with Gasteiger partial charge in [-0.25, -0.2) is 4.68 Å². The molecule has 4 atom stereocenters. The average Bonchev–Trinajstić information content (AvgIpc) is 2.80. The standard InChI is InChI=1S/C11H12N4O3/c1-5-7-4-14-10-6(12-13-14)2-3-8(16)15(10)11(18-7)9(5)17/h2-3,5,7,9,11,17H,4H2,1H3/t5-,7+,9?,11+/m0/s1. The molecule has 1 saturated heterocycles. The van der Waals surface area contributed by atoms with E-state index in [0.29, 0.717) is 17.7 Å². The van der Waals surface area contributed by atoms with Crippen LogP contribution in [0, 0.1) is 5.92 Å². The third kappa shape index (κ3) is 1.08. The van der Waals surface area contributed by atoms with E-state index < -0.39 is 12.3 Å². The van der Waals surface area contributed by atoms with Gasteiger partial charge in [0, 0.05) is 12.0 Å². The molecule has 1 unspecified atom stereocenters. The van der Waals surface area contributed by atoms with Crippen molar-refractivity contribution in [2.24, 2.45) is 5.92 Å². The number of aliphatic hydroxyl groups is 1. The molecule has 0 aromatic carbocycles. The summed E-state index contributed by atoms with van der Waals surface area (Å²) in [6.45, 7) is 2.43. The van der Waals surface area contributed by atoms with Crippen LogP contribution in [0.1, 0.15) is 13.2 Å². The summed E-state index contributed by atoms with van der Waals surface area (Å²) in [4.78, 5) is 12.0. The summed E-state index contributed by atoms with van der Waals surface area (Å²) in [6, 6.07) is 3.08. The lowest BCUT2D eigenvalue weighted by atomic mass is 10.00. The zero-order chi connectivity index (χ0) is 12.4. The zero-order valence-electron chi connectivity index (χ0n) is 9.72. The SMILES string of the molecule is C[C@@H]1C(O)[C@H]2O[C@@H]1Cn1nnc3ccc(=O)n2c31. The third-order valence-corrected chi connectivity index (χ3v) is 3.92. The van der Waals surface area contributed by atoms with Gasteiger partial charge >= 0.3 is 0 Å². The fourth-order valence-electron chi connectivity index (χ4n) is 2.84. The predicted octanol–water partition coefficient (Wildman–Crippen LogP) is -0.499. The molecule has 2 aromatic heterocycles. The van der Waals surface area contributed by atoms with Crippen LogP contribution in [-0.2, 0) is 11.3 Å². The highest BCUT2D eigenvalue weighted by atomic mass is 16.5. The Morgan fingerprint density at radius 1 is 1.50 bits per heavy atom. The minimum atomic E-state index is -0.679. The van der Waals surface area contributed by atoms with Crippen molar-refractivity contribution in [1.82, 2.24) is 19.6 Å². The first-order valence-corrected chi connectivity index (χ1v) is 5.95. The molecule has 1 fully saturated rings. The van der Waals surface area contributed by atoms with Crippen LogP contribution in [0.5, 0.6) is 0 Å². The van der Waals surface area contributed by atoms with Crippen LogP contribution in [-0.4, -0.2) is 36.9 Å². The van der Waals surface area contributed by atoms with Gasteiger partial charge < -0.3 is 9.84 Å². The molecule has 4 rings (SSSR count). The van der Waals surface area contributed by atoms with Crippen LogP contribution in [0.4, 0.5) is 0 Å². The molecule has 7 nitrogen and oxygen atoms in total. The van der Waals surface area contributed by atoms with Gasteiger partial charge in [0.1, 0.15) is 11.6 Å². The maximum Gasteiger partial charge on any atom is 0.254 e. The van der Waals surface area contributed by atoms with Crippen molar-refractivity contribution in [2.45, 2.75) is 31.9 Å². The molecule has 18 heavy (non-hydrogen) atoms. The lowest BCUT2D eigenvalue weighted by Crippen LogP contribution is -2.34. The first kappa shape index (κ1) is 10.2. The van der Waals surface area contributed by atoms with Crippen LogP contribution in [0.25, 0.3) is 11.2 Å². The molecule has 4 heterocycles. The van der Waals surface area contributed by atoms with Crippen molar-refractivity contribution in [2.75, 3.05) is 0 Å². The van der Waals surface area contributed by atoms with Crippen molar-refractivity contribution in [3.63, 3.8) is 0 Å². The second kappa shape index (κ2) is 3.18. The van der Waals surface area contributed by atoms with Crippen molar-refractivity contribution >= 4 is 11.2 Å². The van der Waals surface area contributed by atoms with E-state index in [0.717, 1.165) is 0 Å². The van der Waals surface area contributed by atoms with E-state index in [9.17, 15) is 9.90 Å². The summed E-state index contributed by atoms with van der Waals surface area (Å²) in [7, 11) is 0. The van der Waals surface area contributed by atoms with Gasteiger partial charge in [0.15, 0.2) is 11.9 Å². The van der Waals surface area contributed by atoms with Crippen LogP contribution < -0.4 is 5.56 Å². The molecule has 0 saturated carbocycles. The Labute approximate surface area is 102 Å². The van der Waals surface area contributed by atoms with E-state index in [1.54, 1.807) is 10.7 Å². The largest absolute Gasteiger partial charge is 0.388 e. The van der Waals surface area contributed by atoms with Crippen molar-refractivity contribution < 1.29 is 9.84 Å². The van der Waals surface area contributed by atoms with Gasteiger partial charge in [0.2, 0.25) is 0 Å². The topological polar surface area (TPSA) is 82.2 Å². The van der Waals surface area contributed by atoms with Crippen LogP contribution in [0.2, 0.25) is 0 Å². The third-order valence-electron chi connectivity index (χ3n) is 3.92. The molecule has 2 bridgehead atoms. The van der Waals surface area contributed by atoms with Gasteiger partial charge in [0.05, 0.1) is 12.6 Å². The van der Waals surface area contributed by atoms with Crippen molar-refractivity contribution in [3.8, 4) is 0 Å². The first-order chi connectivity index (χ1) is 8.66. The molecule has 94 valence electrons. The van der Waals surface area contributed by atoms with E-state index in [4.69, 9.17) is 4.74 Å². The van der Waals surface area contributed by atoms with E-state index in [-0.39, 0.29) is 17.6 Å². The summed E-state index contributed by atoms with van der Waals surface area (Å²) >= 11 is 0. The molecule has 2 aromatic rings. The monoisotopic (exact) mass is 248 g/mol. The Bertz CT molecular complexity index is 691. The van der Waals surface area contributed by atoms with Gasteiger partial charge in [0.25, 0.3) is 5.56 Å². The van der Waals surface area contributed by atoms with Gasteiger partial charge in [-0.05, 0) is 6.07 Å². The molecular formula is C11H12N4O3. The maximum absolute atomic E-state index is 12.0. The van der Waals surface area contributed by atoms with Crippen LogP contribution >= 0.6 is 0 Å². The highest BCUT2D eigenvalue weighted by molar-refractivity contribution is 5.70. The second-order valence-electron chi connectivity index (χ2n) is 4.94. The van der Waals surface area contributed by atoms with Gasteiger partial charge in [-0.3, -0.25) is 9.36 Å². The molecule has 0 amide bonds. The predicted molar refractivity (Wildman–Crippen MR) is 60.9 cm³/mol. The Kier molecular flexibility index (Phi) is 1.80. The van der Waals surface area contributed by atoms with Gasteiger partial charge in [-0.1, -0.05) is 12.1 Å². The number of hydrogen-bond donors (Lipinski definition) is 1. The Morgan fingerprint density at radius 2 is 2.33 bits per heavy atom. The van der Waals surface area contributed by atoms with E-state index in [1.807, 2.05) is 6.92 Å². The lowest BCUT2D eigenvalue weighted by Gasteiger charge is -2.20. The Morgan fingerprint density at radius 3 is 3.17 bits per heavy atom. The number of aliphatic hydroxyl groups excluding tert-OH is 1. The highest BCUT2D eigenvalue weighted by Gasteiger charge is 2.45. The quantitative estimate of drug-likeness (QED) is 0.679. The molecule has 7 heteroatoms. The molecule has 1 N–H and O–H groups in total. The number of nitrogens with zero attached hydrogens (tertiary/aromatic N) is 4. The van der Waals surface area contributed by atoms with Gasteiger partial charge in [-0.15, -0.1) is 5.10 Å². The number of fused-ring (bicyclic) bond motifs is 3. The second-order valence-corrected chi connectivity index (χ2v) is 4.94. The van der Waals surface area contributed by atoms with Gasteiger partial charge in [-0.2, -0.15) is 0 Å². The summed E-state index contributed by atoms with van der Waals surface area (Å²) in [5, 5.41) is 18.3. The molecule has 0 aliphatic carbocycles. The zero-order valence-corrected chi connectivity index (χ0v) is 9.72. The van der Waals surface area contributed by atoms with E-state index in [1.165, 1.54) is 10.6 Å². The lowest BCUT2D eigenvalue weighted by molar-refractivity contribution is -0.0350. The smallest absolute Gasteiger partial charge is 0.254 e. The molecule has 0 spiro atoms. The van der Waals surface area contributed by atoms with Crippen molar-refractivity contribution in [1.29, 1.82) is 0 Å². The normalized spacial score (nSPS) is 33.9. The molecule has 0 radical (unpaired) electrons. The Hall–Kier alpha value is -1.73. The van der Waals surface area contributed by atoms with Crippen molar-refractivity contribution in [3.05, 3.63) is 22.5 Å². The maximum atomic E-state index is 12.0. The summed E-state index contributed by atoms with van der Waals surface area (Å²) in [5.74, 6) is -0.0329. The first-order valence-electron chi connectivity index (χ1n) is 5.95. The van der Waals surface area contributed by atoms with Crippen LogP contribution in [0.3, 0.4) is 0 Å². The summed E-state index contributed by atoms with van der Waals surface area (Å²) < 4.78 is 8.93. The van der Waals surface area contributed by atoms with E-state index >= 15 is 0 Å². The minimum absolute atomic E-state index is 0.0329. The number of pyridine rings is 1. The number of aromatic nitrogens is 4. The molecule has 2 aliphatic rings. The number of hydrogen-bond acceptors (Lipinski definition) is 5. The summed E-state index contributed by atoms with van der Waals surface area (Å²) in [6.07, 6.45) is -1.46. The minimum Gasteiger partial charge on any atom is -0.388 e. The Balaban J connectivity index is 2.10. The number of ether oxygens (including phenoxy) is 1. The van der Waals surface area contributed by atoms with Crippen LogP contribution in [0.15, 0.2) is 16.9 Å².